The summed E-state index contributed by atoms with van der Waals surface area (Å²) in [6.45, 7) is 6.05. The van der Waals surface area contributed by atoms with E-state index in [2.05, 4.69) is 50.7 Å². The van der Waals surface area contributed by atoms with Crippen molar-refractivity contribution in [1.29, 1.82) is 5.26 Å². The van der Waals surface area contributed by atoms with E-state index >= 15 is 0 Å². The Morgan fingerprint density at radius 1 is 1.26 bits per heavy atom. The lowest BCUT2D eigenvalue weighted by Gasteiger charge is -2.10. The molecular weight excluding hydrogens is 472 g/mol. The van der Waals surface area contributed by atoms with Gasteiger partial charge in [0.05, 0.1) is 8.95 Å². The number of carbonyl (C=O) groups excluding carboxylic acids is 1. The molecule has 0 saturated heterocycles. The van der Waals surface area contributed by atoms with Crippen molar-refractivity contribution in [3.8, 4) is 11.8 Å². The minimum Gasteiger partial charge on any atom is -0.487 e. The molecule has 4 nitrogen and oxygen atoms in total. The molecule has 6 heteroatoms. The summed E-state index contributed by atoms with van der Waals surface area (Å²) < 4.78 is 6.98. The standard InChI is InChI=1S/C21H18Br2N2O2/c1-3-9-27-20-18(22)11-15(12-19(20)23)10-16(13-24)21(26)25-17-7-5-14(4-2)6-8-17/h3,5-8,10-12H,1,4,9H2,2H3,(H,25,26)/b16-10+. The monoisotopic (exact) mass is 488 g/mol. The van der Waals surface area contributed by atoms with Gasteiger partial charge in [0, 0.05) is 5.69 Å². The van der Waals surface area contributed by atoms with Crippen LogP contribution in [0.4, 0.5) is 5.69 Å². The minimum absolute atomic E-state index is 0.00753. The quantitative estimate of drug-likeness (QED) is 0.300. The van der Waals surface area contributed by atoms with Gasteiger partial charge < -0.3 is 10.1 Å². The first-order chi connectivity index (χ1) is 13.0. The van der Waals surface area contributed by atoms with Crippen molar-refractivity contribution in [2.45, 2.75) is 13.3 Å². The van der Waals surface area contributed by atoms with E-state index in [9.17, 15) is 10.1 Å². The van der Waals surface area contributed by atoms with Gasteiger partial charge in [-0.3, -0.25) is 4.79 Å². The van der Waals surface area contributed by atoms with Crippen LogP contribution >= 0.6 is 31.9 Å². The Morgan fingerprint density at radius 3 is 2.41 bits per heavy atom. The number of rotatable bonds is 7. The highest BCUT2D eigenvalue weighted by atomic mass is 79.9. The van der Waals surface area contributed by atoms with E-state index in [1.807, 2.05) is 30.3 Å². The predicted octanol–water partition coefficient (Wildman–Crippen LogP) is 5.88. The molecule has 27 heavy (non-hydrogen) atoms. The maximum Gasteiger partial charge on any atom is 0.266 e. The van der Waals surface area contributed by atoms with Crippen LogP contribution in [0.3, 0.4) is 0 Å². The molecule has 0 fully saturated rings. The molecule has 0 aliphatic rings. The molecule has 2 rings (SSSR count). The number of nitrogens with one attached hydrogen (secondary N) is 1. The van der Waals surface area contributed by atoms with Crippen molar-refractivity contribution in [2.75, 3.05) is 11.9 Å². The second-order valence-electron chi connectivity index (χ2n) is 5.59. The van der Waals surface area contributed by atoms with Gasteiger partial charge in [-0.15, -0.1) is 0 Å². The van der Waals surface area contributed by atoms with E-state index < -0.39 is 5.91 Å². The molecule has 0 bridgehead atoms. The number of nitriles is 1. The Kier molecular flexibility index (Phi) is 7.83. The lowest BCUT2D eigenvalue weighted by Crippen LogP contribution is -2.13. The number of anilines is 1. The molecule has 0 aromatic heterocycles. The maximum atomic E-state index is 12.4. The van der Waals surface area contributed by atoms with Gasteiger partial charge in [-0.25, -0.2) is 0 Å². The lowest BCUT2D eigenvalue weighted by atomic mass is 10.1. The SMILES string of the molecule is C=CCOc1c(Br)cc(/C=C(\C#N)C(=O)Nc2ccc(CC)cc2)cc1Br. The van der Waals surface area contributed by atoms with Crippen molar-refractivity contribution < 1.29 is 9.53 Å². The van der Waals surface area contributed by atoms with Crippen LogP contribution in [0, 0.1) is 11.3 Å². The van der Waals surface area contributed by atoms with Gasteiger partial charge in [0.1, 0.15) is 24.0 Å². The average Bonchev–Trinajstić information content (AvgIpc) is 2.66. The fourth-order valence-electron chi connectivity index (χ4n) is 2.28. The van der Waals surface area contributed by atoms with Crippen molar-refractivity contribution in [2.24, 2.45) is 0 Å². The van der Waals surface area contributed by atoms with Crippen LogP contribution in [0.2, 0.25) is 0 Å². The summed E-state index contributed by atoms with van der Waals surface area (Å²) in [5.41, 5.74) is 2.52. The van der Waals surface area contributed by atoms with Gasteiger partial charge >= 0.3 is 0 Å². The van der Waals surface area contributed by atoms with Gasteiger partial charge in [-0.1, -0.05) is 31.7 Å². The van der Waals surface area contributed by atoms with E-state index in [0.717, 1.165) is 6.42 Å². The zero-order valence-corrected chi connectivity index (χ0v) is 17.9. The number of benzene rings is 2. The minimum atomic E-state index is -0.457. The molecule has 0 spiro atoms. The van der Waals surface area contributed by atoms with Crippen LogP contribution in [0.25, 0.3) is 6.08 Å². The number of nitrogens with zero attached hydrogens (tertiary/aromatic N) is 1. The number of hydrogen-bond acceptors (Lipinski definition) is 3. The molecule has 1 amide bonds. The van der Waals surface area contributed by atoms with Gasteiger partial charge in [0.2, 0.25) is 0 Å². The van der Waals surface area contributed by atoms with E-state index in [1.165, 1.54) is 11.6 Å². The Bertz CT molecular complexity index is 890. The van der Waals surface area contributed by atoms with Crippen LogP contribution in [0.15, 0.2) is 63.6 Å². The van der Waals surface area contributed by atoms with Gasteiger partial charge in [0.15, 0.2) is 0 Å². The van der Waals surface area contributed by atoms with Crippen molar-refractivity contribution in [3.05, 3.63) is 74.7 Å². The maximum absolute atomic E-state index is 12.4. The van der Waals surface area contributed by atoms with Crippen LogP contribution in [0.1, 0.15) is 18.1 Å². The summed E-state index contributed by atoms with van der Waals surface area (Å²) in [6.07, 6.45) is 4.11. The summed E-state index contributed by atoms with van der Waals surface area (Å²) in [5.74, 6) is 0.173. The molecule has 0 aliphatic heterocycles. The fourth-order valence-corrected chi connectivity index (χ4v) is 3.73. The number of hydrogen-bond donors (Lipinski definition) is 1. The molecule has 0 unspecified atom stereocenters. The third-order valence-corrected chi connectivity index (χ3v) is 4.84. The van der Waals surface area contributed by atoms with Crippen molar-refractivity contribution in [1.82, 2.24) is 0 Å². The van der Waals surface area contributed by atoms with Gasteiger partial charge in [-0.2, -0.15) is 5.26 Å². The van der Waals surface area contributed by atoms with Crippen molar-refractivity contribution in [3.63, 3.8) is 0 Å². The summed E-state index contributed by atoms with van der Waals surface area (Å²) in [5, 5.41) is 12.1. The molecule has 1 N–H and O–H groups in total. The normalized spacial score (nSPS) is 10.8. The van der Waals surface area contributed by atoms with Crippen LogP contribution in [-0.2, 0) is 11.2 Å². The zero-order valence-electron chi connectivity index (χ0n) is 14.8. The molecule has 2 aromatic carbocycles. The van der Waals surface area contributed by atoms with Crippen LogP contribution < -0.4 is 10.1 Å². The van der Waals surface area contributed by atoms with E-state index in [-0.39, 0.29) is 5.57 Å². The first kappa shape index (κ1) is 20.9. The van der Waals surface area contributed by atoms with Crippen LogP contribution in [-0.4, -0.2) is 12.5 Å². The highest BCUT2D eigenvalue weighted by molar-refractivity contribution is 9.11. The highest BCUT2D eigenvalue weighted by Crippen LogP contribution is 2.35. The molecule has 0 atom stereocenters. The Balaban J connectivity index is 2.22. The van der Waals surface area contributed by atoms with E-state index in [4.69, 9.17) is 4.74 Å². The number of carbonyl (C=O) groups is 1. The van der Waals surface area contributed by atoms with E-state index in [1.54, 1.807) is 18.2 Å². The molecular formula is C21H18Br2N2O2. The van der Waals surface area contributed by atoms with Crippen molar-refractivity contribution >= 4 is 49.5 Å². The Labute approximate surface area is 175 Å². The molecule has 138 valence electrons. The van der Waals surface area contributed by atoms with Gasteiger partial charge in [0.25, 0.3) is 5.91 Å². The molecule has 0 radical (unpaired) electrons. The molecule has 0 saturated carbocycles. The largest absolute Gasteiger partial charge is 0.487 e. The third-order valence-electron chi connectivity index (χ3n) is 3.66. The average molecular weight is 490 g/mol. The second kappa shape index (κ2) is 10.1. The molecule has 0 aliphatic carbocycles. The number of halogens is 2. The third kappa shape index (κ3) is 5.81. The number of aryl methyl sites for hydroxylation is 1. The molecule has 0 heterocycles. The Hall–Kier alpha value is -2.36. The summed E-state index contributed by atoms with van der Waals surface area (Å²) in [4.78, 5) is 12.4. The molecule has 2 aromatic rings. The first-order valence-corrected chi connectivity index (χ1v) is 9.82. The number of ether oxygens (including phenoxy) is 1. The Morgan fingerprint density at radius 2 is 1.89 bits per heavy atom. The smallest absolute Gasteiger partial charge is 0.266 e. The summed E-state index contributed by atoms with van der Waals surface area (Å²) in [6, 6.07) is 13.1. The van der Waals surface area contributed by atoms with Crippen LogP contribution in [0.5, 0.6) is 5.75 Å². The van der Waals surface area contributed by atoms with Gasteiger partial charge in [-0.05, 0) is 79.7 Å². The number of amides is 1. The lowest BCUT2D eigenvalue weighted by molar-refractivity contribution is -0.112. The zero-order chi connectivity index (χ0) is 19.8. The predicted molar refractivity (Wildman–Crippen MR) is 116 cm³/mol. The summed E-state index contributed by atoms with van der Waals surface area (Å²) >= 11 is 6.88. The van der Waals surface area contributed by atoms with E-state index in [0.29, 0.717) is 32.6 Å². The summed E-state index contributed by atoms with van der Waals surface area (Å²) in [7, 11) is 0. The fraction of sp³-hybridized carbons (Fsp3) is 0.143. The highest BCUT2D eigenvalue weighted by Gasteiger charge is 2.12. The second-order valence-corrected chi connectivity index (χ2v) is 7.30. The topological polar surface area (TPSA) is 62.1 Å². The first-order valence-electron chi connectivity index (χ1n) is 8.23.